The van der Waals surface area contributed by atoms with E-state index in [0.29, 0.717) is 21.4 Å². The second-order valence-corrected chi connectivity index (χ2v) is 8.19. The SMILES string of the molecule is CC.CN(Cc1nccn1CC(=O)N(CC(=O)O)CC(=O)O)Cc1nccn1CC(=O)N(CC(=O)O)CC(=O)O. The first-order valence-electron chi connectivity index (χ1n) is 12.0. The predicted molar refractivity (Wildman–Crippen MR) is 135 cm³/mol. The number of rotatable bonds is 16. The molecule has 0 aliphatic carbocycles. The van der Waals surface area contributed by atoms with Gasteiger partial charge in [0.25, 0.3) is 0 Å². The van der Waals surface area contributed by atoms with Crippen molar-refractivity contribution in [2.75, 3.05) is 33.2 Å². The van der Waals surface area contributed by atoms with Gasteiger partial charge in [0.15, 0.2) is 0 Å². The maximum absolute atomic E-state index is 12.5. The highest BCUT2D eigenvalue weighted by Gasteiger charge is 2.23. The molecule has 220 valence electrons. The molecule has 2 aromatic heterocycles. The third kappa shape index (κ3) is 11.3. The van der Waals surface area contributed by atoms with E-state index in [1.165, 1.54) is 33.9 Å². The molecule has 2 aromatic rings. The van der Waals surface area contributed by atoms with Gasteiger partial charge in [-0.25, -0.2) is 9.97 Å². The Morgan fingerprint density at radius 1 is 0.650 bits per heavy atom. The van der Waals surface area contributed by atoms with Crippen LogP contribution in [-0.4, -0.2) is 123 Å². The fourth-order valence-corrected chi connectivity index (χ4v) is 3.42. The van der Waals surface area contributed by atoms with Gasteiger partial charge in [0, 0.05) is 24.8 Å². The third-order valence-corrected chi connectivity index (χ3v) is 5.05. The van der Waals surface area contributed by atoms with Crippen LogP contribution in [0.4, 0.5) is 0 Å². The summed E-state index contributed by atoms with van der Waals surface area (Å²) in [6.45, 7) is 0.608. The number of carbonyl (C=O) groups is 6. The van der Waals surface area contributed by atoms with E-state index >= 15 is 0 Å². The van der Waals surface area contributed by atoms with Crippen LogP contribution in [0, 0.1) is 0 Å². The summed E-state index contributed by atoms with van der Waals surface area (Å²) in [5.41, 5.74) is 0. The summed E-state index contributed by atoms with van der Waals surface area (Å²) in [4.78, 5) is 80.5. The van der Waals surface area contributed by atoms with Crippen molar-refractivity contribution in [3.8, 4) is 0 Å². The summed E-state index contributed by atoms with van der Waals surface area (Å²) in [6.07, 6.45) is 5.82. The lowest BCUT2D eigenvalue weighted by atomic mass is 10.4. The van der Waals surface area contributed by atoms with E-state index in [0.717, 1.165) is 0 Å². The van der Waals surface area contributed by atoms with Crippen molar-refractivity contribution >= 4 is 35.7 Å². The van der Waals surface area contributed by atoms with Gasteiger partial charge in [-0.1, -0.05) is 13.8 Å². The zero-order valence-corrected chi connectivity index (χ0v) is 22.3. The van der Waals surface area contributed by atoms with E-state index in [4.69, 9.17) is 20.4 Å². The van der Waals surface area contributed by atoms with Crippen molar-refractivity contribution in [2.45, 2.75) is 40.0 Å². The summed E-state index contributed by atoms with van der Waals surface area (Å²) in [5, 5.41) is 35.8. The molecule has 0 aliphatic rings. The Hall–Kier alpha value is -4.80. The third-order valence-electron chi connectivity index (χ3n) is 5.05. The molecule has 0 saturated heterocycles. The smallest absolute Gasteiger partial charge is 0.323 e. The van der Waals surface area contributed by atoms with Gasteiger partial charge in [0.2, 0.25) is 11.8 Å². The molecule has 0 radical (unpaired) electrons. The molecule has 2 rings (SSSR count). The number of carboxylic acids is 4. The largest absolute Gasteiger partial charge is 0.480 e. The highest BCUT2D eigenvalue weighted by atomic mass is 16.4. The Morgan fingerprint density at radius 3 is 1.23 bits per heavy atom. The average Bonchev–Trinajstić information content (AvgIpc) is 3.47. The lowest BCUT2D eigenvalue weighted by Crippen LogP contribution is -2.41. The molecule has 4 N–H and O–H groups in total. The molecular weight excluding hydrogens is 534 g/mol. The lowest BCUT2D eigenvalue weighted by Gasteiger charge is -2.21. The minimum Gasteiger partial charge on any atom is -0.480 e. The molecule has 0 saturated carbocycles. The van der Waals surface area contributed by atoms with Crippen LogP contribution >= 0.6 is 0 Å². The van der Waals surface area contributed by atoms with E-state index in [9.17, 15) is 28.8 Å². The van der Waals surface area contributed by atoms with Gasteiger partial charge in [-0.15, -0.1) is 0 Å². The first kappa shape index (κ1) is 33.2. The van der Waals surface area contributed by atoms with Crippen LogP contribution in [0.25, 0.3) is 0 Å². The molecular formula is C23H33N7O10. The van der Waals surface area contributed by atoms with E-state index in [2.05, 4.69) is 9.97 Å². The molecule has 0 fully saturated rings. The van der Waals surface area contributed by atoms with Crippen molar-refractivity contribution in [3.63, 3.8) is 0 Å². The maximum Gasteiger partial charge on any atom is 0.323 e. The summed E-state index contributed by atoms with van der Waals surface area (Å²) < 4.78 is 2.89. The molecule has 2 heterocycles. The number of aromatic nitrogens is 4. The van der Waals surface area contributed by atoms with E-state index < -0.39 is 61.9 Å². The standard InChI is InChI=1S/C21H27N7O10.C2H6/c1-24(6-14-22-2-4-25(14)8-16(29)27(10-18(31)32)11-19(33)34)7-15-23-3-5-26(15)9-17(30)28(12-20(35)36)13-21(37)38;1-2/h2-5H,6-13H2,1H3,(H,31,32)(H,33,34)(H,35,36)(H,37,38);1-2H3. The fourth-order valence-electron chi connectivity index (χ4n) is 3.42. The van der Waals surface area contributed by atoms with E-state index in [1.54, 1.807) is 11.9 Å². The summed E-state index contributed by atoms with van der Waals surface area (Å²) in [6, 6.07) is 0. The normalized spacial score (nSPS) is 10.4. The Bertz CT molecular complexity index is 1070. The number of nitrogens with zero attached hydrogens (tertiary/aromatic N) is 7. The van der Waals surface area contributed by atoms with Gasteiger partial charge in [-0.05, 0) is 7.05 Å². The highest BCUT2D eigenvalue weighted by molar-refractivity contribution is 5.85. The van der Waals surface area contributed by atoms with Crippen LogP contribution in [-0.2, 0) is 54.9 Å². The number of carboxylic acid groups (broad SMARTS) is 4. The second-order valence-electron chi connectivity index (χ2n) is 8.19. The van der Waals surface area contributed by atoms with Crippen LogP contribution in [0.2, 0.25) is 0 Å². The summed E-state index contributed by atoms with van der Waals surface area (Å²) in [5.74, 6) is -6.04. The lowest BCUT2D eigenvalue weighted by molar-refractivity contribution is -0.150. The number of carbonyl (C=O) groups excluding carboxylic acids is 2. The molecule has 17 nitrogen and oxygen atoms in total. The van der Waals surface area contributed by atoms with Crippen LogP contribution in [0.1, 0.15) is 25.5 Å². The minimum absolute atomic E-state index is 0.184. The van der Waals surface area contributed by atoms with Crippen molar-refractivity contribution < 1.29 is 49.2 Å². The van der Waals surface area contributed by atoms with Gasteiger partial charge in [-0.3, -0.25) is 33.7 Å². The molecule has 40 heavy (non-hydrogen) atoms. The number of aliphatic carboxylic acids is 4. The first-order chi connectivity index (χ1) is 18.8. The predicted octanol–water partition coefficient (Wildman–Crippen LogP) is -1.27. The minimum atomic E-state index is -1.35. The van der Waals surface area contributed by atoms with Crippen molar-refractivity contribution in [1.82, 2.24) is 33.8 Å². The molecule has 0 unspecified atom stereocenters. The molecule has 17 heteroatoms. The first-order valence-corrected chi connectivity index (χ1v) is 12.0. The van der Waals surface area contributed by atoms with Crippen LogP contribution in [0.15, 0.2) is 24.8 Å². The molecule has 0 bridgehead atoms. The number of imidazole rings is 2. The average molecular weight is 568 g/mol. The van der Waals surface area contributed by atoms with Crippen molar-refractivity contribution in [3.05, 3.63) is 36.4 Å². The molecule has 0 aliphatic heterocycles. The van der Waals surface area contributed by atoms with Gasteiger partial charge >= 0.3 is 23.9 Å². The number of hydrogen-bond donors (Lipinski definition) is 4. The Labute approximate surface area is 228 Å². The maximum atomic E-state index is 12.5. The quantitative estimate of drug-likeness (QED) is 0.186. The highest BCUT2D eigenvalue weighted by Crippen LogP contribution is 2.09. The second kappa shape index (κ2) is 16.2. The number of hydrogen-bond acceptors (Lipinski definition) is 9. The van der Waals surface area contributed by atoms with E-state index in [-0.39, 0.29) is 26.2 Å². The van der Waals surface area contributed by atoms with Crippen molar-refractivity contribution in [1.29, 1.82) is 0 Å². The Kier molecular flexibility index (Phi) is 13.5. The van der Waals surface area contributed by atoms with Gasteiger partial charge in [0.1, 0.15) is 50.9 Å². The molecule has 0 aromatic carbocycles. The number of amides is 2. The molecule has 0 spiro atoms. The Balaban J connectivity index is 0.00000391. The van der Waals surface area contributed by atoms with Crippen LogP contribution in [0.3, 0.4) is 0 Å². The zero-order valence-electron chi connectivity index (χ0n) is 22.3. The Morgan fingerprint density at radius 2 is 0.950 bits per heavy atom. The zero-order chi connectivity index (χ0) is 30.4. The van der Waals surface area contributed by atoms with Gasteiger partial charge in [0.05, 0.1) is 13.1 Å². The van der Waals surface area contributed by atoms with Crippen molar-refractivity contribution in [2.24, 2.45) is 0 Å². The monoisotopic (exact) mass is 567 g/mol. The van der Waals surface area contributed by atoms with Crippen LogP contribution in [0.5, 0.6) is 0 Å². The molecule has 2 amide bonds. The summed E-state index contributed by atoms with van der Waals surface area (Å²) in [7, 11) is 1.70. The van der Waals surface area contributed by atoms with E-state index in [1.807, 2.05) is 13.8 Å². The fraction of sp³-hybridized carbons (Fsp3) is 0.478. The van der Waals surface area contributed by atoms with Crippen LogP contribution < -0.4 is 0 Å². The topological polar surface area (TPSA) is 229 Å². The van der Waals surface area contributed by atoms with Gasteiger partial charge in [-0.2, -0.15) is 0 Å². The molecule has 0 atom stereocenters. The van der Waals surface area contributed by atoms with Gasteiger partial charge < -0.3 is 39.4 Å². The summed E-state index contributed by atoms with van der Waals surface area (Å²) >= 11 is 0.